The third kappa shape index (κ3) is 5.01. The number of nitrogens with zero attached hydrogens (tertiary/aromatic N) is 2. The van der Waals surface area contributed by atoms with Gasteiger partial charge < -0.3 is 15.5 Å². The molecule has 1 saturated heterocycles. The van der Waals surface area contributed by atoms with Gasteiger partial charge in [0.25, 0.3) is 0 Å². The van der Waals surface area contributed by atoms with Gasteiger partial charge in [0.1, 0.15) is 5.82 Å². The Bertz CT molecular complexity index is 438. The van der Waals surface area contributed by atoms with E-state index in [0.717, 1.165) is 51.3 Å². The van der Waals surface area contributed by atoms with Gasteiger partial charge in [0.2, 0.25) is 5.91 Å². The fraction of sp³-hybridized carbons (Fsp3) is 0.625. The first kappa shape index (κ1) is 15.8. The standard InChI is InChI=1S/C16H26N4O/c1-3-8-17-11-14-4-5-16(18-12-14)20-9-6-15(7-10-20)19-13(2)21/h4-5,12,15,17H,3,6-11H2,1-2H3,(H,19,21). The van der Waals surface area contributed by atoms with E-state index in [9.17, 15) is 4.79 Å². The predicted octanol–water partition coefficient (Wildman–Crippen LogP) is 1.69. The fourth-order valence-corrected chi connectivity index (χ4v) is 2.66. The summed E-state index contributed by atoms with van der Waals surface area (Å²) < 4.78 is 0. The maximum Gasteiger partial charge on any atom is 0.217 e. The zero-order valence-corrected chi connectivity index (χ0v) is 13.1. The molecule has 1 aliphatic rings. The van der Waals surface area contributed by atoms with Crippen LogP contribution in [0.2, 0.25) is 0 Å². The molecule has 2 N–H and O–H groups in total. The summed E-state index contributed by atoms with van der Waals surface area (Å²) in [4.78, 5) is 17.9. The Hall–Kier alpha value is -1.62. The number of hydrogen-bond donors (Lipinski definition) is 2. The Morgan fingerprint density at radius 1 is 1.38 bits per heavy atom. The molecule has 2 rings (SSSR count). The number of amides is 1. The second-order valence-corrected chi connectivity index (χ2v) is 5.66. The molecule has 21 heavy (non-hydrogen) atoms. The number of nitrogens with one attached hydrogen (secondary N) is 2. The molecule has 0 aromatic carbocycles. The van der Waals surface area contributed by atoms with Crippen LogP contribution in [-0.2, 0) is 11.3 Å². The van der Waals surface area contributed by atoms with Gasteiger partial charge in [0, 0.05) is 38.8 Å². The summed E-state index contributed by atoms with van der Waals surface area (Å²) in [5.74, 6) is 1.10. The first-order valence-corrected chi connectivity index (χ1v) is 7.86. The van der Waals surface area contributed by atoms with Crippen molar-refractivity contribution in [2.75, 3.05) is 24.5 Å². The first-order valence-electron chi connectivity index (χ1n) is 7.86. The van der Waals surface area contributed by atoms with Gasteiger partial charge in [-0.1, -0.05) is 13.0 Å². The predicted molar refractivity (Wildman–Crippen MR) is 85.3 cm³/mol. The maximum atomic E-state index is 11.1. The lowest BCUT2D eigenvalue weighted by molar-refractivity contribution is -0.119. The van der Waals surface area contributed by atoms with Gasteiger partial charge in [-0.3, -0.25) is 4.79 Å². The minimum atomic E-state index is 0.0653. The third-order valence-electron chi connectivity index (χ3n) is 3.79. The summed E-state index contributed by atoms with van der Waals surface area (Å²) in [5, 5.41) is 6.38. The smallest absolute Gasteiger partial charge is 0.217 e. The van der Waals surface area contributed by atoms with Crippen molar-refractivity contribution in [3.8, 4) is 0 Å². The monoisotopic (exact) mass is 290 g/mol. The number of piperidine rings is 1. The first-order chi connectivity index (χ1) is 10.2. The number of hydrogen-bond acceptors (Lipinski definition) is 4. The van der Waals surface area contributed by atoms with Gasteiger partial charge in [-0.05, 0) is 37.4 Å². The van der Waals surface area contributed by atoms with Crippen LogP contribution in [0.1, 0.15) is 38.7 Å². The largest absolute Gasteiger partial charge is 0.356 e. The Morgan fingerprint density at radius 3 is 2.71 bits per heavy atom. The number of aromatic nitrogens is 1. The molecule has 0 spiro atoms. The summed E-state index contributed by atoms with van der Waals surface area (Å²) >= 11 is 0. The van der Waals surface area contributed by atoms with Crippen LogP contribution < -0.4 is 15.5 Å². The second-order valence-electron chi connectivity index (χ2n) is 5.66. The zero-order valence-electron chi connectivity index (χ0n) is 13.1. The summed E-state index contributed by atoms with van der Waals surface area (Å²) in [6, 6.07) is 4.56. The Kier molecular flexibility index (Phi) is 5.99. The van der Waals surface area contributed by atoms with Crippen LogP contribution in [0.3, 0.4) is 0 Å². The van der Waals surface area contributed by atoms with E-state index in [1.54, 1.807) is 6.92 Å². The maximum absolute atomic E-state index is 11.1. The highest BCUT2D eigenvalue weighted by molar-refractivity contribution is 5.73. The molecule has 0 aliphatic carbocycles. The minimum absolute atomic E-state index is 0.0653. The lowest BCUT2D eigenvalue weighted by atomic mass is 10.0. The van der Waals surface area contributed by atoms with Gasteiger partial charge in [0.15, 0.2) is 0 Å². The van der Waals surface area contributed by atoms with Crippen LogP contribution in [-0.4, -0.2) is 36.6 Å². The molecule has 1 amide bonds. The Labute approximate surface area is 127 Å². The van der Waals surface area contributed by atoms with Gasteiger partial charge in [-0.2, -0.15) is 0 Å². The van der Waals surface area contributed by atoms with Crippen LogP contribution in [0.25, 0.3) is 0 Å². The van der Waals surface area contributed by atoms with E-state index in [0.29, 0.717) is 6.04 Å². The Morgan fingerprint density at radius 2 is 2.14 bits per heavy atom. The molecular weight excluding hydrogens is 264 g/mol. The molecule has 0 radical (unpaired) electrons. The number of anilines is 1. The molecule has 0 unspecified atom stereocenters. The summed E-state index contributed by atoms with van der Waals surface area (Å²) in [7, 11) is 0. The van der Waals surface area contributed by atoms with Crippen molar-refractivity contribution in [3.05, 3.63) is 23.9 Å². The van der Waals surface area contributed by atoms with Gasteiger partial charge in [-0.15, -0.1) is 0 Å². The lowest BCUT2D eigenvalue weighted by Gasteiger charge is -2.33. The highest BCUT2D eigenvalue weighted by Crippen LogP contribution is 2.18. The van der Waals surface area contributed by atoms with E-state index < -0.39 is 0 Å². The topological polar surface area (TPSA) is 57.3 Å². The van der Waals surface area contributed by atoms with E-state index in [2.05, 4.69) is 39.6 Å². The van der Waals surface area contributed by atoms with Crippen molar-refractivity contribution >= 4 is 11.7 Å². The molecule has 5 nitrogen and oxygen atoms in total. The van der Waals surface area contributed by atoms with E-state index >= 15 is 0 Å². The van der Waals surface area contributed by atoms with Crippen molar-refractivity contribution < 1.29 is 4.79 Å². The molecule has 0 saturated carbocycles. The Balaban J connectivity index is 1.81. The van der Waals surface area contributed by atoms with Crippen molar-refractivity contribution in [1.29, 1.82) is 0 Å². The molecule has 1 aromatic rings. The normalized spacial score (nSPS) is 16.0. The van der Waals surface area contributed by atoms with Crippen molar-refractivity contribution in [1.82, 2.24) is 15.6 Å². The van der Waals surface area contributed by atoms with Crippen LogP contribution in [0, 0.1) is 0 Å². The zero-order chi connectivity index (χ0) is 15.1. The highest BCUT2D eigenvalue weighted by Gasteiger charge is 2.20. The average molecular weight is 290 g/mol. The number of pyridine rings is 1. The SMILES string of the molecule is CCCNCc1ccc(N2CCC(NC(C)=O)CC2)nc1. The van der Waals surface area contributed by atoms with Crippen LogP contribution in [0.4, 0.5) is 5.82 Å². The highest BCUT2D eigenvalue weighted by atomic mass is 16.1. The van der Waals surface area contributed by atoms with Crippen LogP contribution >= 0.6 is 0 Å². The van der Waals surface area contributed by atoms with Crippen LogP contribution in [0.15, 0.2) is 18.3 Å². The van der Waals surface area contributed by atoms with Crippen molar-refractivity contribution in [2.45, 2.75) is 45.7 Å². The molecule has 0 bridgehead atoms. The second kappa shape index (κ2) is 7.98. The average Bonchev–Trinajstić information content (AvgIpc) is 2.49. The minimum Gasteiger partial charge on any atom is -0.356 e. The summed E-state index contributed by atoms with van der Waals surface area (Å²) in [6.07, 6.45) is 5.08. The molecule has 5 heteroatoms. The van der Waals surface area contributed by atoms with E-state index in [4.69, 9.17) is 0 Å². The van der Waals surface area contributed by atoms with E-state index in [1.807, 2.05) is 6.20 Å². The molecule has 1 aromatic heterocycles. The number of carbonyl (C=O) groups excluding carboxylic acids is 1. The van der Waals surface area contributed by atoms with Crippen LogP contribution in [0.5, 0.6) is 0 Å². The third-order valence-corrected chi connectivity index (χ3v) is 3.79. The molecular formula is C16H26N4O. The van der Waals surface area contributed by atoms with E-state index in [1.165, 1.54) is 5.56 Å². The van der Waals surface area contributed by atoms with Crippen molar-refractivity contribution in [2.24, 2.45) is 0 Å². The summed E-state index contributed by atoms with van der Waals surface area (Å²) in [6.45, 7) is 7.57. The molecule has 1 fully saturated rings. The van der Waals surface area contributed by atoms with Gasteiger partial charge in [-0.25, -0.2) is 4.98 Å². The van der Waals surface area contributed by atoms with Gasteiger partial charge >= 0.3 is 0 Å². The lowest BCUT2D eigenvalue weighted by Crippen LogP contribution is -2.44. The molecule has 2 heterocycles. The van der Waals surface area contributed by atoms with E-state index in [-0.39, 0.29) is 5.91 Å². The molecule has 1 aliphatic heterocycles. The molecule has 0 atom stereocenters. The quantitative estimate of drug-likeness (QED) is 0.783. The van der Waals surface area contributed by atoms with Crippen molar-refractivity contribution in [3.63, 3.8) is 0 Å². The number of rotatable bonds is 6. The van der Waals surface area contributed by atoms with Gasteiger partial charge in [0.05, 0.1) is 0 Å². The fourth-order valence-electron chi connectivity index (χ4n) is 2.66. The number of carbonyl (C=O) groups is 1. The molecule has 116 valence electrons. The summed E-state index contributed by atoms with van der Waals surface area (Å²) in [5.41, 5.74) is 1.22.